The fourth-order valence-electron chi connectivity index (χ4n) is 2.97. The lowest BCUT2D eigenvalue weighted by Gasteiger charge is -2.19. The van der Waals surface area contributed by atoms with E-state index in [0.717, 1.165) is 24.8 Å². The van der Waals surface area contributed by atoms with Gasteiger partial charge in [0.25, 0.3) is 5.91 Å². The SMILES string of the molecule is COC(=O)c1ccc(Cl)cc1NC(=O)c1csc2c1CC[C@H](C)C2. The van der Waals surface area contributed by atoms with E-state index in [4.69, 9.17) is 16.3 Å². The van der Waals surface area contributed by atoms with Crippen molar-refractivity contribution in [2.24, 2.45) is 5.92 Å². The fraction of sp³-hybridized carbons (Fsp3) is 0.333. The first-order valence-electron chi connectivity index (χ1n) is 7.78. The Kier molecular flexibility index (Phi) is 4.92. The van der Waals surface area contributed by atoms with Crippen molar-refractivity contribution in [2.45, 2.75) is 26.2 Å². The van der Waals surface area contributed by atoms with Crippen LogP contribution in [-0.4, -0.2) is 19.0 Å². The summed E-state index contributed by atoms with van der Waals surface area (Å²) in [5.74, 6) is -0.0662. The van der Waals surface area contributed by atoms with E-state index in [1.54, 1.807) is 29.5 Å². The molecule has 24 heavy (non-hydrogen) atoms. The average molecular weight is 364 g/mol. The molecule has 0 bridgehead atoms. The van der Waals surface area contributed by atoms with Crippen molar-refractivity contribution in [3.63, 3.8) is 0 Å². The van der Waals surface area contributed by atoms with E-state index in [1.807, 2.05) is 5.38 Å². The largest absolute Gasteiger partial charge is 0.465 e. The molecule has 0 fully saturated rings. The average Bonchev–Trinajstić information content (AvgIpc) is 2.97. The number of hydrogen-bond donors (Lipinski definition) is 1. The van der Waals surface area contributed by atoms with Crippen molar-refractivity contribution in [3.05, 3.63) is 50.2 Å². The van der Waals surface area contributed by atoms with Crippen LogP contribution in [0.15, 0.2) is 23.6 Å². The molecule has 1 aliphatic carbocycles. The molecule has 4 nitrogen and oxygen atoms in total. The molecule has 1 N–H and O–H groups in total. The van der Waals surface area contributed by atoms with Crippen LogP contribution in [0.2, 0.25) is 5.02 Å². The maximum Gasteiger partial charge on any atom is 0.339 e. The van der Waals surface area contributed by atoms with Gasteiger partial charge in [0.15, 0.2) is 0 Å². The van der Waals surface area contributed by atoms with E-state index in [2.05, 4.69) is 12.2 Å². The number of hydrogen-bond acceptors (Lipinski definition) is 4. The van der Waals surface area contributed by atoms with Gasteiger partial charge in [0, 0.05) is 15.3 Å². The molecule has 1 heterocycles. The van der Waals surface area contributed by atoms with Crippen molar-refractivity contribution in [1.82, 2.24) is 0 Å². The molecule has 0 spiro atoms. The smallest absolute Gasteiger partial charge is 0.339 e. The highest BCUT2D eigenvalue weighted by atomic mass is 35.5. The maximum absolute atomic E-state index is 12.7. The molecule has 0 saturated heterocycles. The number of ether oxygens (including phenoxy) is 1. The number of esters is 1. The summed E-state index contributed by atoms with van der Waals surface area (Å²) in [6.45, 7) is 2.23. The molecule has 6 heteroatoms. The summed E-state index contributed by atoms with van der Waals surface area (Å²) in [6.07, 6.45) is 3.04. The normalized spacial score (nSPS) is 16.4. The molecule has 2 aromatic rings. The molecule has 0 saturated carbocycles. The molecule has 0 unspecified atom stereocenters. The summed E-state index contributed by atoms with van der Waals surface area (Å²) < 4.78 is 4.76. The second kappa shape index (κ2) is 6.95. The Labute approximate surface area is 149 Å². The lowest BCUT2D eigenvalue weighted by atomic mass is 9.88. The van der Waals surface area contributed by atoms with Gasteiger partial charge in [-0.15, -0.1) is 11.3 Å². The Bertz CT molecular complexity index is 800. The van der Waals surface area contributed by atoms with E-state index in [-0.39, 0.29) is 11.5 Å². The van der Waals surface area contributed by atoms with Crippen LogP contribution >= 0.6 is 22.9 Å². The zero-order valence-electron chi connectivity index (χ0n) is 13.5. The number of methoxy groups -OCH3 is 1. The molecule has 1 aromatic heterocycles. The summed E-state index contributed by atoms with van der Waals surface area (Å²) in [5, 5.41) is 5.16. The predicted molar refractivity (Wildman–Crippen MR) is 96.3 cm³/mol. The van der Waals surface area contributed by atoms with Gasteiger partial charge >= 0.3 is 5.97 Å². The molecule has 3 rings (SSSR count). The van der Waals surface area contributed by atoms with Crippen LogP contribution in [0, 0.1) is 5.92 Å². The number of carbonyl (C=O) groups excluding carboxylic acids is 2. The minimum absolute atomic E-state index is 0.213. The molecule has 1 amide bonds. The third kappa shape index (κ3) is 3.32. The number of amides is 1. The first-order valence-corrected chi connectivity index (χ1v) is 9.03. The second-order valence-corrected chi connectivity index (χ2v) is 7.44. The van der Waals surface area contributed by atoms with E-state index >= 15 is 0 Å². The quantitative estimate of drug-likeness (QED) is 0.813. The minimum atomic E-state index is -0.511. The van der Waals surface area contributed by atoms with Crippen LogP contribution in [0.5, 0.6) is 0 Å². The van der Waals surface area contributed by atoms with Gasteiger partial charge < -0.3 is 10.1 Å². The number of benzene rings is 1. The topological polar surface area (TPSA) is 55.4 Å². The monoisotopic (exact) mass is 363 g/mol. The molecule has 1 aromatic carbocycles. The number of thiophene rings is 1. The lowest BCUT2D eigenvalue weighted by Crippen LogP contribution is -2.18. The van der Waals surface area contributed by atoms with E-state index in [0.29, 0.717) is 22.2 Å². The third-order valence-electron chi connectivity index (χ3n) is 4.28. The van der Waals surface area contributed by atoms with E-state index in [9.17, 15) is 9.59 Å². The second-order valence-electron chi connectivity index (χ2n) is 6.03. The summed E-state index contributed by atoms with van der Waals surface area (Å²) in [6, 6.07) is 4.71. The first-order chi connectivity index (χ1) is 11.5. The van der Waals surface area contributed by atoms with Crippen LogP contribution in [0.25, 0.3) is 0 Å². The number of halogens is 1. The van der Waals surface area contributed by atoms with Crippen LogP contribution in [-0.2, 0) is 17.6 Å². The Balaban J connectivity index is 1.88. The molecule has 1 atom stereocenters. The number of carbonyl (C=O) groups is 2. The van der Waals surface area contributed by atoms with Crippen molar-refractivity contribution in [2.75, 3.05) is 12.4 Å². The van der Waals surface area contributed by atoms with Gasteiger partial charge in [-0.1, -0.05) is 18.5 Å². The summed E-state index contributed by atoms with van der Waals surface area (Å²) in [4.78, 5) is 25.9. The van der Waals surface area contributed by atoms with Crippen molar-refractivity contribution < 1.29 is 14.3 Å². The minimum Gasteiger partial charge on any atom is -0.465 e. The third-order valence-corrected chi connectivity index (χ3v) is 5.57. The predicted octanol–water partition coefficient (Wildman–Crippen LogP) is 4.57. The molecular formula is C18H18ClNO3S. The van der Waals surface area contributed by atoms with Crippen LogP contribution in [0.4, 0.5) is 5.69 Å². The van der Waals surface area contributed by atoms with Crippen LogP contribution < -0.4 is 5.32 Å². The summed E-state index contributed by atoms with van der Waals surface area (Å²) in [7, 11) is 1.30. The number of anilines is 1. The van der Waals surface area contributed by atoms with Crippen molar-refractivity contribution >= 4 is 40.5 Å². The Morgan fingerprint density at radius 3 is 2.88 bits per heavy atom. The highest BCUT2D eigenvalue weighted by Gasteiger charge is 2.24. The Morgan fingerprint density at radius 2 is 2.12 bits per heavy atom. The van der Waals surface area contributed by atoms with E-state index < -0.39 is 5.97 Å². The molecular weight excluding hydrogens is 346 g/mol. The highest BCUT2D eigenvalue weighted by molar-refractivity contribution is 7.10. The Morgan fingerprint density at radius 1 is 1.33 bits per heavy atom. The molecule has 0 aliphatic heterocycles. The van der Waals surface area contributed by atoms with E-state index in [1.165, 1.54) is 12.0 Å². The standard InChI is InChI=1S/C18H18ClNO3S/c1-10-3-5-12-14(9-24-16(12)7-10)17(21)20-15-8-11(19)4-6-13(15)18(22)23-2/h4,6,8-10H,3,5,7H2,1-2H3,(H,20,21)/t10-/m0/s1. The van der Waals surface area contributed by atoms with Crippen LogP contribution in [0.3, 0.4) is 0 Å². The summed E-state index contributed by atoms with van der Waals surface area (Å²) in [5.41, 5.74) is 2.48. The number of rotatable bonds is 3. The lowest BCUT2D eigenvalue weighted by molar-refractivity contribution is 0.0602. The first kappa shape index (κ1) is 17.0. The van der Waals surface area contributed by atoms with Gasteiger partial charge in [-0.05, 0) is 48.9 Å². The molecule has 126 valence electrons. The van der Waals surface area contributed by atoms with Crippen molar-refractivity contribution in [1.29, 1.82) is 0 Å². The maximum atomic E-state index is 12.7. The Hall–Kier alpha value is -1.85. The van der Waals surface area contributed by atoms with Gasteiger partial charge in [0.05, 0.1) is 23.9 Å². The number of nitrogens with one attached hydrogen (secondary N) is 1. The van der Waals surface area contributed by atoms with Gasteiger partial charge in [-0.2, -0.15) is 0 Å². The number of fused-ring (bicyclic) bond motifs is 1. The zero-order chi connectivity index (χ0) is 17.3. The van der Waals surface area contributed by atoms with Gasteiger partial charge in [0.1, 0.15) is 0 Å². The molecule has 1 aliphatic rings. The molecule has 0 radical (unpaired) electrons. The highest BCUT2D eigenvalue weighted by Crippen LogP contribution is 2.33. The van der Waals surface area contributed by atoms with Gasteiger partial charge in [-0.3, -0.25) is 4.79 Å². The fourth-order valence-corrected chi connectivity index (χ4v) is 4.38. The van der Waals surface area contributed by atoms with Crippen molar-refractivity contribution in [3.8, 4) is 0 Å². The van der Waals surface area contributed by atoms with Gasteiger partial charge in [-0.25, -0.2) is 4.79 Å². The summed E-state index contributed by atoms with van der Waals surface area (Å²) >= 11 is 7.64. The van der Waals surface area contributed by atoms with Gasteiger partial charge in [0.2, 0.25) is 0 Å². The zero-order valence-corrected chi connectivity index (χ0v) is 15.1. The van der Waals surface area contributed by atoms with Crippen LogP contribution in [0.1, 0.15) is 44.5 Å².